The minimum atomic E-state index is -0.468. The summed E-state index contributed by atoms with van der Waals surface area (Å²) in [7, 11) is 1.85. The van der Waals surface area contributed by atoms with Crippen molar-refractivity contribution in [2.45, 2.75) is 13.5 Å². The Labute approximate surface area is 123 Å². The van der Waals surface area contributed by atoms with Crippen molar-refractivity contribution in [3.63, 3.8) is 0 Å². The summed E-state index contributed by atoms with van der Waals surface area (Å²) < 4.78 is 11.2. The van der Waals surface area contributed by atoms with Gasteiger partial charge in [0, 0.05) is 13.6 Å². The van der Waals surface area contributed by atoms with Gasteiger partial charge in [0.05, 0.1) is 10.4 Å². The Balaban J connectivity index is 2.03. The summed E-state index contributed by atoms with van der Waals surface area (Å²) in [4.78, 5) is 17.4. The van der Waals surface area contributed by atoms with Gasteiger partial charge in [-0.25, -0.2) is 4.79 Å². The van der Waals surface area contributed by atoms with E-state index in [0.717, 1.165) is 9.35 Å². The van der Waals surface area contributed by atoms with Gasteiger partial charge in [0.15, 0.2) is 5.69 Å². The first-order chi connectivity index (χ1) is 9.10. The van der Waals surface area contributed by atoms with E-state index in [-0.39, 0.29) is 5.69 Å². The fraction of sp³-hybridized carbons (Fsp3) is 0.333. The molecule has 2 heterocycles. The third-order valence-electron chi connectivity index (χ3n) is 2.34. The Morgan fingerprint density at radius 1 is 1.63 bits per heavy atom. The first-order valence-electron chi connectivity index (χ1n) is 5.67. The maximum atomic E-state index is 11.5. The first-order valence-corrected chi connectivity index (χ1v) is 7.34. The number of thiophene rings is 1. The summed E-state index contributed by atoms with van der Waals surface area (Å²) in [6, 6.07) is 2.43. The summed E-state index contributed by atoms with van der Waals surface area (Å²) in [5.74, 6) is -0.468. The molecule has 19 heavy (non-hydrogen) atoms. The van der Waals surface area contributed by atoms with Crippen LogP contribution in [0.5, 0.6) is 0 Å². The molecule has 0 N–H and O–H groups in total. The molecule has 0 aliphatic carbocycles. The minimum absolute atomic E-state index is 0.190. The lowest BCUT2D eigenvalue weighted by molar-refractivity contribution is 0.0519. The number of hydrogen-bond donors (Lipinski definition) is 0. The Kier molecular flexibility index (Phi) is 4.60. The number of rotatable bonds is 5. The van der Waals surface area contributed by atoms with Crippen LogP contribution >= 0.6 is 27.3 Å². The third-order valence-corrected chi connectivity index (χ3v) is 3.90. The minimum Gasteiger partial charge on any atom is -0.461 e. The summed E-state index contributed by atoms with van der Waals surface area (Å²) in [6.45, 7) is 2.73. The van der Waals surface area contributed by atoms with Crippen molar-refractivity contribution in [3.8, 4) is 0 Å². The second kappa shape index (κ2) is 6.21. The van der Waals surface area contributed by atoms with E-state index in [1.165, 1.54) is 6.26 Å². The summed E-state index contributed by atoms with van der Waals surface area (Å²) in [5.41, 5.74) is 1.34. The van der Waals surface area contributed by atoms with Crippen molar-refractivity contribution >= 4 is 39.3 Å². The molecule has 0 aliphatic heterocycles. The normalized spacial score (nSPS) is 10.5. The van der Waals surface area contributed by atoms with E-state index in [0.29, 0.717) is 19.2 Å². The largest absolute Gasteiger partial charge is 0.461 e. The van der Waals surface area contributed by atoms with Gasteiger partial charge in [0.25, 0.3) is 6.01 Å². The smallest absolute Gasteiger partial charge is 0.360 e. The topological polar surface area (TPSA) is 55.6 Å². The molecular weight excluding hydrogens is 332 g/mol. The number of anilines is 1. The van der Waals surface area contributed by atoms with Crippen LogP contribution in [0.4, 0.5) is 6.01 Å². The van der Waals surface area contributed by atoms with Crippen LogP contribution in [0.3, 0.4) is 0 Å². The lowest BCUT2D eigenvalue weighted by atomic mass is 10.3. The van der Waals surface area contributed by atoms with Gasteiger partial charge in [-0.3, -0.25) is 0 Å². The van der Waals surface area contributed by atoms with Gasteiger partial charge in [-0.2, -0.15) is 4.98 Å². The van der Waals surface area contributed by atoms with Gasteiger partial charge in [0.2, 0.25) is 0 Å². The lowest BCUT2D eigenvalue weighted by Gasteiger charge is -2.12. The zero-order valence-electron chi connectivity index (χ0n) is 10.6. The number of aromatic nitrogens is 1. The lowest BCUT2D eigenvalue weighted by Crippen LogP contribution is -2.16. The quantitative estimate of drug-likeness (QED) is 0.778. The Morgan fingerprint density at radius 3 is 3.05 bits per heavy atom. The zero-order valence-corrected chi connectivity index (χ0v) is 13.0. The number of nitrogens with zero attached hydrogens (tertiary/aromatic N) is 2. The van der Waals surface area contributed by atoms with Gasteiger partial charge in [0.1, 0.15) is 6.26 Å². The molecule has 2 aromatic heterocycles. The van der Waals surface area contributed by atoms with Crippen molar-refractivity contribution in [1.82, 2.24) is 4.98 Å². The molecular formula is C12H13BrN2O3S. The van der Waals surface area contributed by atoms with Gasteiger partial charge in [-0.1, -0.05) is 0 Å². The Bertz CT molecular complexity index is 567. The average Bonchev–Trinajstić information content (AvgIpc) is 2.98. The van der Waals surface area contributed by atoms with E-state index in [2.05, 4.69) is 26.3 Å². The summed E-state index contributed by atoms with van der Waals surface area (Å²) in [5, 5.41) is 2.05. The molecule has 0 aromatic carbocycles. The van der Waals surface area contributed by atoms with Crippen LogP contribution in [-0.4, -0.2) is 24.6 Å². The van der Waals surface area contributed by atoms with Crippen LogP contribution in [0.2, 0.25) is 0 Å². The van der Waals surface area contributed by atoms with Crippen LogP contribution in [0.15, 0.2) is 25.9 Å². The number of ether oxygens (including phenoxy) is 1. The fourth-order valence-corrected chi connectivity index (χ4v) is 2.71. The van der Waals surface area contributed by atoms with Gasteiger partial charge in [-0.05, 0) is 39.9 Å². The van der Waals surface area contributed by atoms with E-state index in [1.807, 2.05) is 18.0 Å². The molecule has 0 radical (unpaired) electrons. The predicted molar refractivity (Wildman–Crippen MR) is 76.6 cm³/mol. The maximum Gasteiger partial charge on any atom is 0.360 e. The Hall–Kier alpha value is -1.34. The van der Waals surface area contributed by atoms with E-state index in [4.69, 9.17) is 9.15 Å². The number of hydrogen-bond acceptors (Lipinski definition) is 6. The SMILES string of the molecule is CCOC(=O)c1coc(N(C)Cc2csc(Br)c2)n1. The van der Waals surface area contributed by atoms with Crippen molar-refractivity contribution in [2.75, 3.05) is 18.6 Å². The molecule has 0 saturated carbocycles. The van der Waals surface area contributed by atoms with Crippen molar-refractivity contribution in [1.29, 1.82) is 0 Å². The molecule has 2 rings (SSSR count). The standard InChI is InChI=1S/C12H13BrN2O3S/c1-3-17-11(16)9-6-18-12(14-9)15(2)5-8-4-10(13)19-7-8/h4,6-7H,3,5H2,1-2H3. The number of carbonyl (C=O) groups excluding carboxylic acids is 1. The number of carbonyl (C=O) groups is 1. The van der Waals surface area contributed by atoms with E-state index < -0.39 is 5.97 Å². The molecule has 0 atom stereocenters. The highest BCUT2D eigenvalue weighted by molar-refractivity contribution is 9.11. The highest BCUT2D eigenvalue weighted by Gasteiger charge is 2.16. The molecule has 0 bridgehead atoms. The zero-order chi connectivity index (χ0) is 13.8. The highest BCUT2D eigenvalue weighted by Crippen LogP contribution is 2.23. The summed E-state index contributed by atoms with van der Waals surface area (Å²) in [6.07, 6.45) is 1.31. The molecule has 0 unspecified atom stereocenters. The number of halogens is 1. The summed E-state index contributed by atoms with van der Waals surface area (Å²) >= 11 is 5.04. The molecule has 2 aromatic rings. The molecule has 0 saturated heterocycles. The number of oxazole rings is 1. The average molecular weight is 345 g/mol. The van der Waals surface area contributed by atoms with Gasteiger partial charge >= 0.3 is 5.97 Å². The first kappa shape index (κ1) is 14.1. The van der Waals surface area contributed by atoms with Crippen molar-refractivity contribution in [3.05, 3.63) is 32.8 Å². The molecule has 0 fully saturated rings. The molecule has 5 nitrogen and oxygen atoms in total. The monoisotopic (exact) mass is 344 g/mol. The predicted octanol–water partition coefficient (Wildman–Crippen LogP) is 3.31. The number of esters is 1. The van der Waals surface area contributed by atoms with Crippen LogP contribution in [0.1, 0.15) is 23.0 Å². The third kappa shape index (κ3) is 3.57. The van der Waals surface area contributed by atoms with Crippen molar-refractivity contribution < 1.29 is 13.9 Å². The van der Waals surface area contributed by atoms with Crippen LogP contribution in [-0.2, 0) is 11.3 Å². The Morgan fingerprint density at radius 2 is 2.42 bits per heavy atom. The molecule has 0 aliphatic rings. The van der Waals surface area contributed by atoms with Crippen LogP contribution in [0.25, 0.3) is 0 Å². The van der Waals surface area contributed by atoms with Crippen LogP contribution in [0, 0.1) is 0 Å². The second-order valence-electron chi connectivity index (χ2n) is 3.85. The highest BCUT2D eigenvalue weighted by atomic mass is 79.9. The van der Waals surface area contributed by atoms with E-state index >= 15 is 0 Å². The molecule has 102 valence electrons. The van der Waals surface area contributed by atoms with E-state index in [1.54, 1.807) is 18.3 Å². The van der Waals surface area contributed by atoms with E-state index in [9.17, 15) is 4.79 Å². The maximum absolute atomic E-state index is 11.5. The van der Waals surface area contributed by atoms with Gasteiger partial charge < -0.3 is 14.1 Å². The molecule has 7 heteroatoms. The van der Waals surface area contributed by atoms with Crippen molar-refractivity contribution in [2.24, 2.45) is 0 Å². The van der Waals surface area contributed by atoms with Crippen LogP contribution < -0.4 is 4.90 Å². The van der Waals surface area contributed by atoms with Gasteiger partial charge in [-0.15, -0.1) is 11.3 Å². The fourth-order valence-electron chi connectivity index (χ4n) is 1.51. The second-order valence-corrected chi connectivity index (χ2v) is 6.14. The molecule has 0 spiro atoms. The molecule has 0 amide bonds.